The summed E-state index contributed by atoms with van der Waals surface area (Å²) >= 11 is 6.86. The second-order valence-corrected chi connectivity index (χ2v) is 20.1. The maximum absolute atomic E-state index is 14.5. The van der Waals surface area contributed by atoms with Crippen LogP contribution in [0.3, 0.4) is 0 Å². The number of aromatic hydroxyl groups is 1. The standard InChI is InChI=1S/C53H60ClN3O16/c1-25(2)67-38-18-29-17-35(58)33(21-32(29)45(64-8)46(38)65-9)50(61)56-34-20-31-15-16-37(49(54)55-31)70-39-19-30-14-13-28(40(24-66-51(34)62)71-42-22-36(59)44(57(6)7)26(3)68-42)11-10-12-41-53(30,73-41)48(39)72-43-23-52(5,63)47(60)27(4)69-43/h11,15-19,21,25-27,34,36,39-44,47-48,58-60,63H,20,22-24H2,1-9H3,(H,56,61)/b28-11+/t26-,27+,34?,36-,39-,40?,41-,42-,43-,44+,47-,48+,52+,53?/m0/s1. The van der Waals surface area contributed by atoms with Crippen LogP contribution >= 0.6 is 11.6 Å². The number of aromatic nitrogens is 1. The van der Waals surface area contributed by atoms with Gasteiger partial charge in [0, 0.05) is 47.6 Å². The normalized spacial score (nSPS) is 34.3. The van der Waals surface area contributed by atoms with Gasteiger partial charge in [0.1, 0.15) is 42.8 Å². The lowest BCUT2D eigenvalue weighted by Crippen LogP contribution is -2.57. The van der Waals surface area contributed by atoms with Crippen LogP contribution in [-0.2, 0) is 39.6 Å². The smallest absolute Gasteiger partial charge is 0.329 e. The number of fused-ring (bicyclic) bond motifs is 8. The van der Waals surface area contributed by atoms with Crippen LogP contribution < -0.4 is 24.3 Å². The molecule has 1 amide bonds. The number of esters is 1. The van der Waals surface area contributed by atoms with Gasteiger partial charge in [-0.25, -0.2) is 9.78 Å². The molecule has 1 spiro atoms. The highest BCUT2D eigenvalue weighted by molar-refractivity contribution is 6.30. The van der Waals surface area contributed by atoms with E-state index in [9.17, 15) is 30.0 Å². The Morgan fingerprint density at radius 2 is 1.78 bits per heavy atom. The second kappa shape index (κ2) is 20.6. The molecule has 19 nitrogen and oxygen atoms in total. The van der Waals surface area contributed by atoms with Crippen molar-refractivity contribution < 1.29 is 77.4 Å². The lowest BCUT2D eigenvalue weighted by atomic mass is 9.88. The Hall–Kier alpha value is -5.68. The van der Waals surface area contributed by atoms with Gasteiger partial charge in [-0.2, -0.15) is 0 Å². The number of nitrogens with zero attached hydrogens (tertiary/aromatic N) is 2. The van der Waals surface area contributed by atoms with Crippen molar-refractivity contribution in [2.75, 3.05) is 34.9 Å². The van der Waals surface area contributed by atoms with Crippen LogP contribution in [0, 0.1) is 23.7 Å². The highest BCUT2D eigenvalue weighted by Gasteiger charge is 2.70. The van der Waals surface area contributed by atoms with Gasteiger partial charge in [-0.05, 0) is 90.5 Å². The monoisotopic (exact) mass is 1030 g/mol. The quantitative estimate of drug-likeness (QED) is 0.0800. The maximum atomic E-state index is 14.5. The molecule has 0 radical (unpaired) electrons. The van der Waals surface area contributed by atoms with Gasteiger partial charge in [-0.1, -0.05) is 35.3 Å². The minimum Gasteiger partial charge on any atom is -0.507 e. The molecule has 6 heterocycles. The van der Waals surface area contributed by atoms with Crippen LogP contribution in [0.15, 0.2) is 53.6 Å². The van der Waals surface area contributed by atoms with Crippen LogP contribution in [0.5, 0.6) is 28.7 Å². The summed E-state index contributed by atoms with van der Waals surface area (Å²) in [5, 5.41) is 48.0. The molecule has 2 aliphatic carbocycles. The number of carbonyl (C=O) groups is 2. The van der Waals surface area contributed by atoms with Gasteiger partial charge in [0.2, 0.25) is 5.75 Å². The Kier molecular flexibility index (Phi) is 14.7. The number of likely N-dealkylation sites (N-methyl/N-ethyl adjacent to an activating group) is 1. The minimum atomic E-state index is -1.55. The summed E-state index contributed by atoms with van der Waals surface area (Å²) in [6.45, 7) is 8.20. The number of benzene rings is 2. The highest BCUT2D eigenvalue weighted by Crippen LogP contribution is 2.54. The summed E-state index contributed by atoms with van der Waals surface area (Å²) in [5.41, 5.74) is -2.05. The fraction of sp³-hybridized carbons (Fsp3) is 0.528. The summed E-state index contributed by atoms with van der Waals surface area (Å²) in [7, 11) is 6.58. The van der Waals surface area contributed by atoms with Gasteiger partial charge in [0.25, 0.3) is 5.91 Å². The molecule has 2 aromatic carbocycles. The number of phenols is 1. The third kappa shape index (κ3) is 10.3. The van der Waals surface area contributed by atoms with E-state index in [4.69, 9.17) is 59.0 Å². The van der Waals surface area contributed by atoms with Crippen molar-refractivity contribution in [3.05, 3.63) is 70.0 Å². The summed E-state index contributed by atoms with van der Waals surface area (Å²) in [5.74, 6) is 11.4. The molecule has 390 valence electrons. The molecular formula is C53H60ClN3O16. The Bertz CT molecular complexity index is 2840. The van der Waals surface area contributed by atoms with E-state index in [0.717, 1.165) is 0 Å². The van der Waals surface area contributed by atoms with Crippen molar-refractivity contribution in [3.8, 4) is 52.4 Å². The first kappa shape index (κ1) is 52.2. The van der Waals surface area contributed by atoms with Crippen molar-refractivity contribution in [3.63, 3.8) is 0 Å². The van der Waals surface area contributed by atoms with Crippen molar-refractivity contribution in [2.45, 2.75) is 145 Å². The molecule has 3 fully saturated rings. The molecule has 73 heavy (non-hydrogen) atoms. The number of hydrogen-bond acceptors (Lipinski definition) is 18. The van der Waals surface area contributed by atoms with Crippen molar-refractivity contribution in [1.82, 2.24) is 15.2 Å². The first-order valence-electron chi connectivity index (χ1n) is 24.1. The molecule has 5 aliphatic heterocycles. The topological polar surface area (TPSA) is 239 Å². The third-order valence-electron chi connectivity index (χ3n) is 13.8. The fourth-order valence-electron chi connectivity index (χ4n) is 10.3. The molecule has 3 unspecified atom stereocenters. The summed E-state index contributed by atoms with van der Waals surface area (Å²) in [6, 6.07) is 5.81. The van der Waals surface area contributed by atoms with Crippen LogP contribution in [-0.4, -0.2) is 168 Å². The maximum Gasteiger partial charge on any atom is 0.329 e. The highest BCUT2D eigenvalue weighted by atomic mass is 35.5. The Morgan fingerprint density at radius 1 is 1.03 bits per heavy atom. The lowest BCUT2D eigenvalue weighted by molar-refractivity contribution is -0.290. The zero-order valence-electron chi connectivity index (χ0n) is 41.8. The summed E-state index contributed by atoms with van der Waals surface area (Å²) in [6.07, 6.45) is -6.35. The van der Waals surface area contributed by atoms with Gasteiger partial charge < -0.3 is 78.0 Å². The van der Waals surface area contributed by atoms with Crippen LogP contribution in [0.25, 0.3) is 10.8 Å². The lowest BCUT2D eigenvalue weighted by Gasteiger charge is -2.43. The number of carbonyl (C=O) groups excluding carboxylic acids is 2. The number of hydrogen-bond donors (Lipinski definition) is 5. The van der Waals surface area contributed by atoms with Crippen molar-refractivity contribution in [2.24, 2.45) is 0 Å². The molecule has 3 aromatic rings. The number of ether oxygens (including phenoxy) is 10. The van der Waals surface area contributed by atoms with Gasteiger partial charge in [0.15, 0.2) is 46.7 Å². The van der Waals surface area contributed by atoms with Gasteiger partial charge in [0.05, 0.1) is 55.8 Å². The number of epoxide rings is 1. The van der Waals surface area contributed by atoms with E-state index in [2.05, 4.69) is 34.0 Å². The number of phenolic OH excluding ortho intramolecular Hbond substituents is 1. The molecule has 5 bridgehead atoms. The average molecular weight is 1030 g/mol. The van der Waals surface area contributed by atoms with E-state index in [1.54, 1.807) is 31.2 Å². The van der Waals surface area contributed by atoms with E-state index in [1.807, 2.05) is 39.8 Å². The van der Waals surface area contributed by atoms with E-state index >= 15 is 0 Å². The number of aliphatic hydroxyl groups excluding tert-OH is 2. The number of halogens is 1. The fourth-order valence-corrected chi connectivity index (χ4v) is 10.5. The van der Waals surface area contributed by atoms with Gasteiger partial charge >= 0.3 is 5.97 Å². The third-order valence-corrected chi connectivity index (χ3v) is 14.1. The Balaban J connectivity index is 1.09. The number of allylic oxidation sites excluding steroid dienone is 1. The average Bonchev–Trinajstić information content (AvgIpc) is 3.95. The van der Waals surface area contributed by atoms with E-state index < -0.39 is 103 Å². The number of pyridine rings is 1. The molecule has 10 rings (SSSR count). The minimum absolute atomic E-state index is 0.0664. The first-order chi connectivity index (χ1) is 34.7. The van der Waals surface area contributed by atoms with Crippen LogP contribution in [0.1, 0.15) is 63.5 Å². The van der Waals surface area contributed by atoms with Crippen LogP contribution in [0.2, 0.25) is 5.15 Å². The SMILES string of the molecule is COc1c(OC(C)C)cc2cc(O)c(C(=O)NC3Cc4ccc(c(Cl)n4)O[C@H]4C=C5C#C/C(=C\C#C[C@@H]6OC56[C@@H]4O[C@H]4C[C@@](C)(O)[C@@H](O)[C@@H](C)O4)C(O[C@H]4C[C@H](O)[C@H](N(C)C)[C@H](C)O4)COC3=O)cc2c1OC. The van der Waals surface area contributed by atoms with Crippen molar-refractivity contribution in [1.29, 1.82) is 0 Å². The van der Waals surface area contributed by atoms with E-state index in [-0.39, 0.29) is 70.6 Å². The van der Waals surface area contributed by atoms with Gasteiger partial charge in [-0.15, -0.1) is 0 Å². The van der Waals surface area contributed by atoms with Gasteiger partial charge in [-0.3, -0.25) is 4.79 Å². The molecule has 14 atom stereocenters. The second-order valence-electron chi connectivity index (χ2n) is 19.7. The predicted molar refractivity (Wildman–Crippen MR) is 261 cm³/mol. The molecule has 20 heteroatoms. The van der Waals surface area contributed by atoms with E-state index in [1.165, 1.54) is 39.4 Å². The Morgan fingerprint density at radius 3 is 2.47 bits per heavy atom. The zero-order valence-corrected chi connectivity index (χ0v) is 42.6. The molecule has 0 saturated carbocycles. The number of nitrogens with one attached hydrogen (secondary N) is 1. The number of methoxy groups -OCH3 is 2. The van der Waals surface area contributed by atoms with E-state index in [0.29, 0.717) is 22.1 Å². The Labute approximate surface area is 427 Å². The predicted octanol–water partition coefficient (Wildman–Crippen LogP) is 3.51. The van der Waals surface area contributed by atoms with Crippen molar-refractivity contribution >= 4 is 34.2 Å². The molecule has 7 aliphatic rings. The molecular weight excluding hydrogens is 970 g/mol. The number of amides is 1. The molecule has 5 N–H and O–H groups in total. The summed E-state index contributed by atoms with van der Waals surface area (Å²) in [4.78, 5) is 35.3. The molecule has 3 saturated heterocycles. The van der Waals surface area contributed by atoms with Crippen LogP contribution in [0.4, 0.5) is 0 Å². The number of rotatable bonds is 11. The first-order valence-corrected chi connectivity index (χ1v) is 24.5. The molecule has 1 aromatic heterocycles. The zero-order chi connectivity index (χ0) is 52.3. The number of aliphatic hydroxyl groups is 3. The summed E-state index contributed by atoms with van der Waals surface area (Å²) < 4.78 is 61.9. The largest absolute Gasteiger partial charge is 0.507 e.